The van der Waals surface area contributed by atoms with Crippen molar-refractivity contribution in [3.8, 4) is 0 Å². The monoisotopic (exact) mass is 241 g/mol. The number of nitrogens with zero attached hydrogens (tertiary/aromatic N) is 1. The molecule has 2 amide bonds. The Morgan fingerprint density at radius 2 is 2.00 bits per heavy atom. The van der Waals surface area contributed by atoms with Gasteiger partial charge >= 0.3 is 6.09 Å². The van der Waals surface area contributed by atoms with Crippen LogP contribution in [0.25, 0.3) is 0 Å². The van der Waals surface area contributed by atoms with Crippen molar-refractivity contribution >= 4 is 12.0 Å². The van der Waals surface area contributed by atoms with Gasteiger partial charge in [0.2, 0.25) is 5.91 Å². The first-order chi connectivity index (χ1) is 7.77. The van der Waals surface area contributed by atoms with E-state index in [2.05, 4.69) is 5.43 Å². The van der Waals surface area contributed by atoms with Gasteiger partial charge in [0.15, 0.2) is 0 Å². The van der Waals surface area contributed by atoms with E-state index in [1.807, 2.05) is 20.8 Å². The lowest BCUT2D eigenvalue weighted by Gasteiger charge is -2.34. The minimum absolute atomic E-state index is 0.127. The summed E-state index contributed by atoms with van der Waals surface area (Å²) in [5, 5.41) is 0. The van der Waals surface area contributed by atoms with Crippen LogP contribution in [0.5, 0.6) is 0 Å². The Bertz CT molecular complexity index is 355. The third-order valence-electron chi connectivity index (χ3n) is 3.41. The van der Waals surface area contributed by atoms with Gasteiger partial charge < -0.3 is 9.64 Å². The zero-order valence-electron chi connectivity index (χ0n) is 10.4. The van der Waals surface area contributed by atoms with E-state index in [4.69, 9.17) is 10.6 Å². The molecule has 1 aliphatic carbocycles. The van der Waals surface area contributed by atoms with Crippen LogP contribution in [-0.2, 0) is 9.53 Å². The molecule has 0 aromatic heterocycles. The summed E-state index contributed by atoms with van der Waals surface area (Å²) in [7, 11) is 0. The second-order valence-corrected chi connectivity index (χ2v) is 5.92. The van der Waals surface area contributed by atoms with Crippen LogP contribution in [-0.4, -0.2) is 35.1 Å². The average Bonchev–Trinajstić information content (AvgIpc) is 2.68. The number of carbonyl (C=O) groups excluding carboxylic acids is 2. The van der Waals surface area contributed by atoms with Crippen molar-refractivity contribution in [1.29, 1.82) is 0 Å². The molecule has 17 heavy (non-hydrogen) atoms. The van der Waals surface area contributed by atoms with Crippen LogP contribution >= 0.6 is 0 Å². The first-order valence-electron chi connectivity index (χ1n) is 5.78. The average molecular weight is 241 g/mol. The van der Waals surface area contributed by atoms with Crippen LogP contribution in [0.1, 0.15) is 33.6 Å². The minimum atomic E-state index is -0.507. The van der Waals surface area contributed by atoms with Crippen molar-refractivity contribution in [1.82, 2.24) is 10.3 Å². The second kappa shape index (κ2) is 3.60. The van der Waals surface area contributed by atoms with E-state index in [0.29, 0.717) is 19.4 Å². The summed E-state index contributed by atoms with van der Waals surface area (Å²) in [6, 6.07) is 0.127. The highest BCUT2D eigenvalue weighted by Crippen LogP contribution is 2.52. The molecule has 1 saturated carbocycles. The molecule has 0 atom stereocenters. The number of nitrogens with two attached hydrogens (primary N) is 1. The first kappa shape index (κ1) is 12.2. The predicted octanol–water partition coefficient (Wildman–Crippen LogP) is 0.376. The van der Waals surface area contributed by atoms with Gasteiger partial charge in [-0.1, -0.05) is 0 Å². The maximum Gasteiger partial charge on any atom is 0.410 e. The van der Waals surface area contributed by atoms with Crippen molar-refractivity contribution in [3.63, 3.8) is 0 Å². The van der Waals surface area contributed by atoms with E-state index in [9.17, 15) is 9.59 Å². The van der Waals surface area contributed by atoms with Gasteiger partial charge in [0, 0.05) is 12.6 Å². The molecule has 3 fully saturated rings. The summed E-state index contributed by atoms with van der Waals surface area (Å²) in [6.07, 6.45) is 1.04. The van der Waals surface area contributed by atoms with Crippen molar-refractivity contribution in [3.05, 3.63) is 0 Å². The SMILES string of the molecule is CC(C)(C)OC(=O)N1CC2(C(=O)NN)CC1C2. The second-order valence-electron chi connectivity index (χ2n) is 5.92. The Morgan fingerprint density at radius 3 is 2.47 bits per heavy atom. The van der Waals surface area contributed by atoms with Gasteiger partial charge in [-0.15, -0.1) is 0 Å². The van der Waals surface area contributed by atoms with Gasteiger partial charge in [-0.3, -0.25) is 10.2 Å². The number of nitrogens with one attached hydrogen (secondary N) is 1. The molecule has 2 heterocycles. The van der Waals surface area contributed by atoms with Crippen molar-refractivity contribution in [2.24, 2.45) is 11.3 Å². The number of amides is 2. The van der Waals surface area contributed by atoms with Crippen LogP contribution in [0.4, 0.5) is 4.79 Å². The van der Waals surface area contributed by atoms with E-state index in [0.717, 1.165) is 0 Å². The minimum Gasteiger partial charge on any atom is -0.444 e. The highest BCUT2D eigenvalue weighted by molar-refractivity contribution is 5.86. The number of hydrogen-bond donors (Lipinski definition) is 2. The highest BCUT2D eigenvalue weighted by Gasteiger charge is 2.61. The zero-order valence-corrected chi connectivity index (χ0v) is 10.4. The lowest BCUT2D eigenvalue weighted by Crippen LogP contribution is -2.49. The fourth-order valence-electron chi connectivity index (χ4n) is 2.59. The molecule has 2 bridgehead atoms. The summed E-state index contributed by atoms with van der Waals surface area (Å²) in [5.74, 6) is 4.97. The number of hydrazine groups is 1. The lowest BCUT2D eigenvalue weighted by atomic mass is 9.69. The van der Waals surface area contributed by atoms with E-state index < -0.39 is 11.0 Å². The van der Waals surface area contributed by atoms with E-state index in [1.54, 1.807) is 4.90 Å². The largest absolute Gasteiger partial charge is 0.444 e. The number of fused-ring (bicyclic) bond motifs is 1. The lowest BCUT2D eigenvalue weighted by molar-refractivity contribution is -0.133. The number of carbonyl (C=O) groups is 2. The molecule has 3 rings (SSSR count). The van der Waals surface area contributed by atoms with Gasteiger partial charge in [-0.25, -0.2) is 10.6 Å². The predicted molar refractivity (Wildman–Crippen MR) is 60.7 cm³/mol. The fourth-order valence-corrected chi connectivity index (χ4v) is 2.59. The molecule has 96 valence electrons. The molecule has 3 aliphatic rings. The third kappa shape index (κ3) is 1.97. The number of ether oxygens (including phenoxy) is 1. The summed E-state index contributed by atoms with van der Waals surface area (Å²) in [6.45, 7) is 5.89. The van der Waals surface area contributed by atoms with Crippen molar-refractivity contribution < 1.29 is 14.3 Å². The molecule has 0 aromatic rings. The Kier molecular flexibility index (Phi) is 2.57. The Labute approximate surface area is 100 Å². The van der Waals surface area contributed by atoms with Gasteiger partial charge in [-0.05, 0) is 33.6 Å². The van der Waals surface area contributed by atoms with Crippen LogP contribution in [0.15, 0.2) is 0 Å². The maximum absolute atomic E-state index is 11.9. The first-order valence-corrected chi connectivity index (χ1v) is 5.78. The number of rotatable bonds is 1. The van der Waals surface area contributed by atoms with Gasteiger partial charge in [0.05, 0.1) is 5.41 Å². The molecule has 2 aliphatic heterocycles. The summed E-state index contributed by atoms with van der Waals surface area (Å²) >= 11 is 0. The standard InChI is InChI=1S/C11H19N3O3/c1-10(2,3)17-9(16)14-6-11(8(15)13-12)4-7(14)5-11/h7H,4-6,12H2,1-3H3,(H,13,15). The summed E-state index contributed by atoms with van der Waals surface area (Å²) in [4.78, 5) is 25.1. The number of hydrogen-bond acceptors (Lipinski definition) is 4. The van der Waals surface area contributed by atoms with Gasteiger partial charge in [-0.2, -0.15) is 0 Å². The molecular weight excluding hydrogens is 222 g/mol. The van der Waals surface area contributed by atoms with Gasteiger partial charge in [0.25, 0.3) is 0 Å². The maximum atomic E-state index is 11.9. The van der Waals surface area contributed by atoms with E-state index in [1.165, 1.54) is 0 Å². The van der Waals surface area contributed by atoms with E-state index >= 15 is 0 Å². The van der Waals surface area contributed by atoms with Crippen LogP contribution in [0.2, 0.25) is 0 Å². The topological polar surface area (TPSA) is 84.7 Å². The molecule has 0 radical (unpaired) electrons. The van der Waals surface area contributed by atoms with Crippen LogP contribution in [0.3, 0.4) is 0 Å². The summed E-state index contributed by atoms with van der Waals surface area (Å²) in [5.41, 5.74) is 1.19. The van der Waals surface area contributed by atoms with E-state index in [-0.39, 0.29) is 18.0 Å². The fraction of sp³-hybridized carbons (Fsp3) is 0.818. The van der Waals surface area contributed by atoms with Crippen molar-refractivity contribution in [2.45, 2.75) is 45.3 Å². The molecular formula is C11H19N3O3. The molecule has 0 unspecified atom stereocenters. The summed E-state index contributed by atoms with van der Waals surface area (Å²) < 4.78 is 5.30. The van der Waals surface area contributed by atoms with Gasteiger partial charge in [0.1, 0.15) is 5.60 Å². The Morgan fingerprint density at radius 1 is 1.41 bits per heavy atom. The molecule has 6 heteroatoms. The van der Waals surface area contributed by atoms with Crippen LogP contribution < -0.4 is 11.3 Å². The third-order valence-corrected chi connectivity index (χ3v) is 3.41. The smallest absolute Gasteiger partial charge is 0.410 e. The van der Waals surface area contributed by atoms with Crippen molar-refractivity contribution in [2.75, 3.05) is 6.54 Å². The molecule has 3 N–H and O–H groups in total. The highest BCUT2D eigenvalue weighted by atomic mass is 16.6. The molecule has 6 nitrogen and oxygen atoms in total. The zero-order chi connectivity index (χ0) is 12.8. The quantitative estimate of drug-likeness (QED) is 0.395. The molecule has 2 saturated heterocycles. The molecule has 0 spiro atoms. The van der Waals surface area contributed by atoms with Crippen LogP contribution in [0, 0.1) is 5.41 Å². The normalized spacial score (nSPS) is 30.8. The Hall–Kier alpha value is -1.30. The molecule has 0 aromatic carbocycles. The Balaban J connectivity index is 2.00.